The Balaban J connectivity index is 0.00000312. The Morgan fingerprint density at radius 2 is 2.00 bits per heavy atom. The first-order valence-corrected chi connectivity index (χ1v) is 9.96. The lowest BCUT2D eigenvalue weighted by atomic mass is 10.2. The van der Waals surface area contributed by atoms with Gasteiger partial charge in [0.05, 0.1) is 18.3 Å². The lowest BCUT2D eigenvalue weighted by Gasteiger charge is -2.32. The molecular formula is C16H25ClN2O5S. The third-order valence-electron chi connectivity index (χ3n) is 3.80. The fraction of sp³-hybridized carbons (Fsp3) is 0.562. The van der Waals surface area contributed by atoms with Gasteiger partial charge in [0.1, 0.15) is 16.4 Å². The number of nitrogens with zero attached hydrogens (tertiary/aromatic N) is 1. The molecule has 0 bridgehead atoms. The molecule has 0 aromatic heterocycles. The summed E-state index contributed by atoms with van der Waals surface area (Å²) in [4.78, 5) is 14.0. The van der Waals surface area contributed by atoms with Crippen LogP contribution in [0.2, 0.25) is 0 Å². The maximum Gasteiger partial charge on any atom is 0.239 e. The summed E-state index contributed by atoms with van der Waals surface area (Å²) in [7, 11) is -3.14. The highest BCUT2D eigenvalue weighted by Crippen LogP contribution is 2.31. The van der Waals surface area contributed by atoms with Crippen LogP contribution in [0.5, 0.6) is 11.5 Å². The van der Waals surface area contributed by atoms with E-state index in [4.69, 9.17) is 15.2 Å². The molecule has 2 unspecified atom stereocenters. The number of hydrogen-bond donors (Lipinski definition) is 1. The monoisotopic (exact) mass is 392 g/mol. The zero-order chi connectivity index (χ0) is 17.7. The smallest absolute Gasteiger partial charge is 0.239 e. The summed E-state index contributed by atoms with van der Waals surface area (Å²) >= 11 is 0. The van der Waals surface area contributed by atoms with Gasteiger partial charge in [-0.2, -0.15) is 0 Å². The minimum absolute atomic E-state index is 0. The van der Waals surface area contributed by atoms with Gasteiger partial charge in [0, 0.05) is 12.8 Å². The Morgan fingerprint density at radius 3 is 2.60 bits per heavy atom. The average Bonchev–Trinajstić information content (AvgIpc) is 2.56. The normalized spacial score (nSPS) is 17.3. The second-order valence-corrected chi connectivity index (χ2v) is 8.16. The Bertz CT molecular complexity index is 683. The number of carbonyl (C=O) groups excluding carboxylic acids is 1. The maximum absolute atomic E-state index is 12.4. The van der Waals surface area contributed by atoms with Gasteiger partial charge in [0.2, 0.25) is 5.91 Å². The molecule has 0 radical (unpaired) electrons. The molecule has 0 fully saturated rings. The molecule has 1 aliphatic rings. The highest BCUT2D eigenvalue weighted by Gasteiger charge is 2.27. The van der Waals surface area contributed by atoms with Gasteiger partial charge in [0.25, 0.3) is 0 Å². The quantitative estimate of drug-likeness (QED) is 0.738. The molecule has 2 N–H and O–H groups in total. The molecule has 0 aliphatic carbocycles. The van der Waals surface area contributed by atoms with E-state index in [0.717, 1.165) is 6.26 Å². The molecule has 0 saturated heterocycles. The summed E-state index contributed by atoms with van der Waals surface area (Å²) in [6, 6.07) is 6.53. The number of nitrogens with two attached hydrogens (primary N) is 1. The molecule has 1 aliphatic heterocycles. The summed E-state index contributed by atoms with van der Waals surface area (Å²) in [5.74, 6) is 0.962. The van der Waals surface area contributed by atoms with Crippen LogP contribution in [0.15, 0.2) is 24.3 Å². The number of halogens is 1. The number of carbonyl (C=O) groups is 1. The Hall–Kier alpha value is -1.51. The number of fused-ring (bicyclic) bond motifs is 1. The summed E-state index contributed by atoms with van der Waals surface area (Å²) in [5, 5.41) is 0. The molecule has 142 valence electrons. The van der Waals surface area contributed by atoms with Crippen molar-refractivity contribution in [3.05, 3.63) is 24.3 Å². The van der Waals surface area contributed by atoms with E-state index in [-0.39, 0.29) is 36.6 Å². The summed E-state index contributed by atoms with van der Waals surface area (Å²) < 4.78 is 33.9. The van der Waals surface area contributed by atoms with Crippen molar-refractivity contribution in [1.82, 2.24) is 4.90 Å². The number of likely N-dealkylation sites (N-methyl/N-ethyl adjacent to an activating group) is 1. The molecule has 1 aromatic rings. The molecule has 25 heavy (non-hydrogen) atoms. The molecule has 1 amide bonds. The van der Waals surface area contributed by atoms with Crippen molar-refractivity contribution in [2.24, 2.45) is 5.73 Å². The molecule has 2 rings (SSSR count). The number of para-hydroxylation sites is 2. The largest absolute Gasteiger partial charge is 0.486 e. The topological polar surface area (TPSA) is 98.9 Å². The Kier molecular flexibility index (Phi) is 7.98. The van der Waals surface area contributed by atoms with E-state index in [1.165, 1.54) is 0 Å². The van der Waals surface area contributed by atoms with Crippen LogP contribution in [0.4, 0.5) is 0 Å². The van der Waals surface area contributed by atoms with Gasteiger partial charge in [-0.15, -0.1) is 12.4 Å². The third-order valence-corrected chi connectivity index (χ3v) is 4.78. The molecule has 2 atom stereocenters. The van der Waals surface area contributed by atoms with Crippen molar-refractivity contribution in [3.8, 4) is 11.5 Å². The van der Waals surface area contributed by atoms with E-state index in [1.807, 2.05) is 31.2 Å². The number of amides is 1. The van der Waals surface area contributed by atoms with Crippen LogP contribution < -0.4 is 15.2 Å². The number of ether oxygens (including phenoxy) is 2. The fourth-order valence-corrected chi connectivity index (χ4v) is 3.15. The van der Waals surface area contributed by atoms with Gasteiger partial charge >= 0.3 is 0 Å². The van der Waals surface area contributed by atoms with E-state index < -0.39 is 15.9 Å². The van der Waals surface area contributed by atoms with Crippen molar-refractivity contribution in [2.45, 2.75) is 25.5 Å². The number of rotatable bonds is 7. The molecule has 0 saturated carbocycles. The summed E-state index contributed by atoms with van der Waals surface area (Å²) in [6.45, 7) is 3.00. The molecule has 0 spiro atoms. The van der Waals surface area contributed by atoms with E-state index in [2.05, 4.69) is 0 Å². The third kappa shape index (κ3) is 6.37. The molecule has 7 nitrogen and oxygen atoms in total. The number of sulfone groups is 1. The number of benzene rings is 1. The minimum Gasteiger partial charge on any atom is -0.486 e. The highest BCUT2D eigenvalue weighted by atomic mass is 35.5. The average molecular weight is 393 g/mol. The first kappa shape index (κ1) is 21.5. The van der Waals surface area contributed by atoms with Gasteiger partial charge in [-0.1, -0.05) is 12.1 Å². The second kappa shape index (κ2) is 9.26. The first-order chi connectivity index (χ1) is 11.3. The van der Waals surface area contributed by atoms with Crippen LogP contribution in [-0.2, 0) is 14.6 Å². The van der Waals surface area contributed by atoms with Gasteiger partial charge < -0.3 is 20.1 Å². The lowest BCUT2D eigenvalue weighted by molar-refractivity contribution is -0.134. The predicted octanol–water partition coefficient (Wildman–Crippen LogP) is 0.859. The van der Waals surface area contributed by atoms with Crippen LogP contribution in [-0.4, -0.2) is 63.1 Å². The Labute approximate surface area is 154 Å². The van der Waals surface area contributed by atoms with E-state index in [0.29, 0.717) is 31.2 Å². The second-order valence-electron chi connectivity index (χ2n) is 5.90. The van der Waals surface area contributed by atoms with E-state index in [9.17, 15) is 13.2 Å². The van der Waals surface area contributed by atoms with Gasteiger partial charge in [-0.3, -0.25) is 4.79 Å². The molecule has 9 heteroatoms. The van der Waals surface area contributed by atoms with E-state index >= 15 is 0 Å². The zero-order valence-electron chi connectivity index (χ0n) is 14.4. The molecular weight excluding hydrogens is 368 g/mol. The highest BCUT2D eigenvalue weighted by molar-refractivity contribution is 7.90. The summed E-state index contributed by atoms with van der Waals surface area (Å²) in [5.41, 5.74) is 5.85. The predicted molar refractivity (Wildman–Crippen MR) is 98.2 cm³/mol. The van der Waals surface area contributed by atoms with Crippen LogP contribution in [0.3, 0.4) is 0 Å². The standard InChI is InChI=1S/C16H24N2O5S.ClH/c1-3-18(16(19)13(17)8-9-24(2,20)21)10-12-11-22-14-6-4-5-7-15(14)23-12;/h4-7,12-13H,3,8-11,17H2,1-2H3;1H. The van der Waals surface area contributed by atoms with Crippen molar-refractivity contribution in [1.29, 1.82) is 0 Å². The minimum atomic E-state index is -3.14. The van der Waals surface area contributed by atoms with Crippen LogP contribution in [0.1, 0.15) is 13.3 Å². The van der Waals surface area contributed by atoms with Gasteiger partial charge in [0.15, 0.2) is 17.6 Å². The molecule has 1 heterocycles. The van der Waals surface area contributed by atoms with E-state index in [1.54, 1.807) is 4.90 Å². The van der Waals surface area contributed by atoms with Crippen LogP contribution in [0, 0.1) is 0 Å². The molecule has 1 aromatic carbocycles. The van der Waals surface area contributed by atoms with Crippen LogP contribution >= 0.6 is 12.4 Å². The van der Waals surface area contributed by atoms with Crippen molar-refractivity contribution in [2.75, 3.05) is 31.7 Å². The van der Waals surface area contributed by atoms with Gasteiger partial charge in [-0.05, 0) is 25.5 Å². The zero-order valence-corrected chi connectivity index (χ0v) is 16.0. The number of hydrogen-bond acceptors (Lipinski definition) is 6. The van der Waals surface area contributed by atoms with Crippen LogP contribution in [0.25, 0.3) is 0 Å². The Morgan fingerprint density at radius 1 is 1.36 bits per heavy atom. The first-order valence-electron chi connectivity index (χ1n) is 7.90. The fourth-order valence-electron chi connectivity index (χ4n) is 2.47. The summed E-state index contributed by atoms with van der Waals surface area (Å²) in [6.07, 6.45) is 0.955. The maximum atomic E-state index is 12.4. The van der Waals surface area contributed by atoms with Crippen molar-refractivity contribution in [3.63, 3.8) is 0 Å². The SMILES string of the molecule is CCN(CC1COc2ccccc2O1)C(=O)C(N)CCS(C)(=O)=O.Cl. The lowest BCUT2D eigenvalue weighted by Crippen LogP contribution is -2.49. The van der Waals surface area contributed by atoms with Crippen molar-refractivity contribution >= 4 is 28.2 Å². The van der Waals surface area contributed by atoms with Gasteiger partial charge in [-0.25, -0.2) is 8.42 Å². The van der Waals surface area contributed by atoms with Crippen molar-refractivity contribution < 1.29 is 22.7 Å².